The summed E-state index contributed by atoms with van der Waals surface area (Å²) in [6.07, 6.45) is 1.12. The van der Waals surface area contributed by atoms with Crippen LogP contribution in [0.2, 0.25) is 0 Å². The SMILES string of the molecule is CC(C)CC(=O)N(CCc1nc(-c2ccc(Br)cc2)no1)C(C)C. The standard InChI is InChI=1S/C18H24BrN3O2/c1-12(2)11-17(23)22(13(3)4)10-9-16-20-18(21-24-16)14-5-7-15(19)8-6-14/h5-8,12-13H,9-11H2,1-4H3. The lowest BCUT2D eigenvalue weighted by molar-refractivity contribution is -0.133. The molecule has 1 aromatic heterocycles. The Morgan fingerprint density at radius 1 is 1.21 bits per heavy atom. The molecule has 2 rings (SSSR count). The number of rotatable bonds is 7. The first-order valence-electron chi connectivity index (χ1n) is 8.24. The summed E-state index contributed by atoms with van der Waals surface area (Å²) in [4.78, 5) is 18.6. The predicted molar refractivity (Wildman–Crippen MR) is 97.4 cm³/mol. The van der Waals surface area contributed by atoms with E-state index in [0.717, 1.165) is 10.0 Å². The average Bonchev–Trinajstić information content (AvgIpc) is 2.96. The smallest absolute Gasteiger partial charge is 0.228 e. The number of nitrogens with zero attached hydrogens (tertiary/aromatic N) is 3. The fourth-order valence-corrected chi connectivity index (χ4v) is 2.69. The molecule has 0 bridgehead atoms. The van der Waals surface area contributed by atoms with Gasteiger partial charge in [-0.15, -0.1) is 0 Å². The Kier molecular flexibility index (Phi) is 6.54. The third-order valence-electron chi connectivity index (χ3n) is 3.66. The number of benzene rings is 1. The third-order valence-corrected chi connectivity index (χ3v) is 4.19. The Balaban J connectivity index is 2.00. The number of halogens is 1. The number of hydrogen-bond acceptors (Lipinski definition) is 4. The van der Waals surface area contributed by atoms with E-state index in [1.54, 1.807) is 0 Å². The number of carbonyl (C=O) groups is 1. The first kappa shape index (κ1) is 18.6. The molecule has 0 saturated heterocycles. The zero-order valence-corrected chi connectivity index (χ0v) is 16.2. The molecule has 2 aromatic rings. The van der Waals surface area contributed by atoms with E-state index in [0.29, 0.717) is 37.0 Å². The predicted octanol–water partition coefficient (Wildman–Crippen LogP) is 4.32. The lowest BCUT2D eigenvalue weighted by atomic mass is 10.1. The molecule has 0 fully saturated rings. The van der Waals surface area contributed by atoms with Gasteiger partial charge in [0.2, 0.25) is 17.6 Å². The van der Waals surface area contributed by atoms with Gasteiger partial charge in [-0.3, -0.25) is 4.79 Å². The fraction of sp³-hybridized carbons (Fsp3) is 0.500. The summed E-state index contributed by atoms with van der Waals surface area (Å²) in [7, 11) is 0. The lowest BCUT2D eigenvalue weighted by Crippen LogP contribution is -2.39. The van der Waals surface area contributed by atoms with Crippen molar-refractivity contribution in [3.05, 3.63) is 34.6 Å². The quantitative estimate of drug-likeness (QED) is 0.702. The van der Waals surface area contributed by atoms with Crippen LogP contribution in [0.3, 0.4) is 0 Å². The molecule has 0 radical (unpaired) electrons. The molecule has 0 aliphatic rings. The Hall–Kier alpha value is -1.69. The molecule has 0 N–H and O–H groups in total. The number of carbonyl (C=O) groups excluding carboxylic acids is 1. The van der Waals surface area contributed by atoms with Gasteiger partial charge in [0.05, 0.1) is 0 Å². The molecule has 130 valence electrons. The molecule has 0 atom stereocenters. The van der Waals surface area contributed by atoms with E-state index in [-0.39, 0.29) is 11.9 Å². The fourth-order valence-electron chi connectivity index (χ4n) is 2.43. The van der Waals surface area contributed by atoms with Gasteiger partial charge in [0, 0.05) is 35.5 Å². The van der Waals surface area contributed by atoms with Crippen LogP contribution < -0.4 is 0 Å². The van der Waals surface area contributed by atoms with E-state index in [9.17, 15) is 4.79 Å². The Morgan fingerprint density at radius 3 is 2.46 bits per heavy atom. The average molecular weight is 394 g/mol. The van der Waals surface area contributed by atoms with Gasteiger partial charge in [0.15, 0.2) is 0 Å². The summed E-state index contributed by atoms with van der Waals surface area (Å²) in [5, 5.41) is 4.03. The molecular formula is C18H24BrN3O2. The Labute approximate surface area is 151 Å². The van der Waals surface area contributed by atoms with Crippen molar-refractivity contribution in [1.29, 1.82) is 0 Å². The zero-order chi connectivity index (χ0) is 17.7. The van der Waals surface area contributed by atoms with Crippen molar-refractivity contribution < 1.29 is 9.32 Å². The largest absolute Gasteiger partial charge is 0.340 e. The van der Waals surface area contributed by atoms with Gasteiger partial charge < -0.3 is 9.42 Å². The van der Waals surface area contributed by atoms with Crippen LogP contribution >= 0.6 is 15.9 Å². The van der Waals surface area contributed by atoms with Crippen LogP contribution in [-0.2, 0) is 11.2 Å². The van der Waals surface area contributed by atoms with Crippen molar-refractivity contribution in [3.63, 3.8) is 0 Å². The Morgan fingerprint density at radius 2 is 1.88 bits per heavy atom. The molecule has 0 unspecified atom stereocenters. The van der Waals surface area contributed by atoms with Crippen LogP contribution in [0.5, 0.6) is 0 Å². The topological polar surface area (TPSA) is 59.2 Å². The molecule has 0 aliphatic heterocycles. The minimum Gasteiger partial charge on any atom is -0.340 e. The summed E-state index contributed by atoms with van der Waals surface area (Å²) in [5.41, 5.74) is 0.907. The van der Waals surface area contributed by atoms with Gasteiger partial charge >= 0.3 is 0 Å². The molecule has 5 nitrogen and oxygen atoms in total. The molecule has 0 spiro atoms. The second-order valence-corrected chi connectivity index (χ2v) is 7.46. The lowest BCUT2D eigenvalue weighted by Gasteiger charge is -2.27. The van der Waals surface area contributed by atoms with Gasteiger partial charge in [-0.05, 0) is 44.0 Å². The van der Waals surface area contributed by atoms with E-state index in [4.69, 9.17) is 4.52 Å². The molecule has 1 heterocycles. The third kappa shape index (κ3) is 5.16. The van der Waals surface area contributed by atoms with E-state index in [1.165, 1.54) is 0 Å². The van der Waals surface area contributed by atoms with Gasteiger partial charge in [0.25, 0.3) is 0 Å². The second kappa shape index (κ2) is 8.42. The van der Waals surface area contributed by atoms with Crippen LogP contribution in [0, 0.1) is 5.92 Å². The highest BCUT2D eigenvalue weighted by Crippen LogP contribution is 2.19. The summed E-state index contributed by atoms with van der Waals surface area (Å²) in [6, 6.07) is 7.91. The van der Waals surface area contributed by atoms with Crippen LogP contribution in [0.1, 0.15) is 40.0 Å². The van der Waals surface area contributed by atoms with Crippen molar-refractivity contribution in [2.75, 3.05) is 6.54 Å². The van der Waals surface area contributed by atoms with Crippen molar-refractivity contribution >= 4 is 21.8 Å². The summed E-state index contributed by atoms with van der Waals surface area (Å²) in [5.74, 6) is 1.65. The minimum absolute atomic E-state index is 0.158. The number of aromatic nitrogens is 2. The van der Waals surface area contributed by atoms with Crippen LogP contribution in [-0.4, -0.2) is 33.5 Å². The first-order chi connectivity index (χ1) is 11.4. The maximum absolute atomic E-state index is 12.3. The molecule has 0 aliphatic carbocycles. The van der Waals surface area contributed by atoms with E-state index >= 15 is 0 Å². The van der Waals surface area contributed by atoms with E-state index in [1.807, 2.05) is 43.0 Å². The first-order valence-corrected chi connectivity index (χ1v) is 9.04. The van der Waals surface area contributed by atoms with Crippen molar-refractivity contribution in [2.45, 2.75) is 46.6 Å². The monoisotopic (exact) mass is 393 g/mol. The number of hydrogen-bond donors (Lipinski definition) is 0. The van der Waals surface area contributed by atoms with E-state index in [2.05, 4.69) is 39.9 Å². The number of amides is 1. The van der Waals surface area contributed by atoms with Gasteiger partial charge in [-0.2, -0.15) is 4.98 Å². The normalized spacial score (nSPS) is 11.3. The zero-order valence-electron chi connectivity index (χ0n) is 14.6. The molecule has 0 saturated carbocycles. The van der Waals surface area contributed by atoms with Crippen LogP contribution in [0.25, 0.3) is 11.4 Å². The maximum atomic E-state index is 12.3. The molecule has 6 heteroatoms. The molecular weight excluding hydrogens is 370 g/mol. The van der Waals surface area contributed by atoms with Gasteiger partial charge in [-0.25, -0.2) is 0 Å². The molecule has 24 heavy (non-hydrogen) atoms. The molecule has 1 aromatic carbocycles. The second-order valence-electron chi connectivity index (χ2n) is 6.55. The minimum atomic E-state index is 0.158. The van der Waals surface area contributed by atoms with Crippen molar-refractivity contribution in [3.8, 4) is 11.4 Å². The summed E-state index contributed by atoms with van der Waals surface area (Å²) >= 11 is 3.41. The highest BCUT2D eigenvalue weighted by Gasteiger charge is 2.19. The van der Waals surface area contributed by atoms with E-state index < -0.39 is 0 Å². The van der Waals surface area contributed by atoms with Crippen LogP contribution in [0.4, 0.5) is 0 Å². The van der Waals surface area contributed by atoms with Gasteiger partial charge in [-0.1, -0.05) is 34.9 Å². The van der Waals surface area contributed by atoms with Crippen LogP contribution in [0.15, 0.2) is 33.3 Å². The Bertz CT molecular complexity index is 665. The van der Waals surface area contributed by atoms with Gasteiger partial charge in [0.1, 0.15) is 0 Å². The van der Waals surface area contributed by atoms with Crippen molar-refractivity contribution in [1.82, 2.24) is 15.0 Å². The maximum Gasteiger partial charge on any atom is 0.228 e. The summed E-state index contributed by atoms with van der Waals surface area (Å²) in [6.45, 7) is 8.75. The highest BCUT2D eigenvalue weighted by atomic mass is 79.9. The highest BCUT2D eigenvalue weighted by molar-refractivity contribution is 9.10. The van der Waals surface area contributed by atoms with Crippen molar-refractivity contribution in [2.24, 2.45) is 5.92 Å². The molecule has 1 amide bonds. The summed E-state index contributed by atoms with van der Waals surface area (Å²) < 4.78 is 6.34.